The molecule has 1 amide bonds. The first-order chi connectivity index (χ1) is 9.27. The fourth-order valence-corrected chi connectivity index (χ4v) is 1.66. The third kappa shape index (κ3) is 3.98. The SMILES string of the molecule is COc1cc(C(=O)NCCC(C)(C)C(=O)O)ccc1C. The summed E-state index contributed by atoms with van der Waals surface area (Å²) < 4.78 is 5.17. The van der Waals surface area contributed by atoms with E-state index in [0.29, 0.717) is 24.3 Å². The first-order valence-corrected chi connectivity index (χ1v) is 6.44. The predicted molar refractivity (Wildman–Crippen MR) is 76.1 cm³/mol. The molecule has 0 fully saturated rings. The Morgan fingerprint density at radius 3 is 2.55 bits per heavy atom. The van der Waals surface area contributed by atoms with Gasteiger partial charge in [-0.3, -0.25) is 9.59 Å². The number of benzene rings is 1. The average molecular weight is 279 g/mol. The molecule has 0 unspecified atom stereocenters. The summed E-state index contributed by atoms with van der Waals surface area (Å²) in [5.74, 6) is -0.447. The molecule has 0 radical (unpaired) electrons. The van der Waals surface area contributed by atoms with E-state index in [1.54, 1.807) is 33.1 Å². The number of hydrogen-bond donors (Lipinski definition) is 2. The van der Waals surface area contributed by atoms with E-state index in [-0.39, 0.29) is 5.91 Å². The van der Waals surface area contributed by atoms with Gasteiger partial charge in [-0.15, -0.1) is 0 Å². The molecule has 0 aliphatic heterocycles. The van der Waals surface area contributed by atoms with Crippen molar-refractivity contribution in [1.82, 2.24) is 5.32 Å². The molecule has 2 N–H and O–H groups in total. The van der Waals surface area contributed by atoms with Gasteiger partial charge in [0.05, 0.1) is 12.5 Å². The van der Waals surface area contributed by atoms with Crippen molar-refractivity contribution in [2.45, 2.75) is 27.2 Å². The Balaban J connectivity index is 2.62. The van der Waals surface area contributed by atoms with Gasteiger partial charge in [-0.1, -0.05) is 6.07 Å². The van der Waals surface area contributed by atoms with Crippen molar-refractivity contribution >= 4 is 11.9 Å². The number of carbonyl (C=O) groups excluding carboxylic acids is 1. The molecule has 0 aromatic heterocycles. The number of hydrogen-bond acceptors (Lipinski definition) is 3. The highest BCUT2D eigenvalue weighted by atomic mass is 16.5. The van der Waals surface area contributed by atoms with Crippen LogP contribution >= 0.6 is 0 Å². The fraction of sp³-hybridized carbons (Fsp3) is 0.467. The van der Waals surface area contributed by atoms with E-state index in [1.165, 1.54) is 0 Å². The second-order valence-corrected chi connectivity index (χ2v) is 5.38. The minimum absolute atomic E-state index is 0.232. The van der Waals surface area contributed by atoms with Crippen LogP contribution in [0.4, 0.5) is 0 Å². The first-order valence-electron chi connectivity index (χ1n) is 6.44. The molecule has 1 aromatic carbocycles. The number of amides is 1. The van der Waals surface area contributed by atoms with Crippen molar-refractivity contribution in [2.75, 3.05) is 13.7 Å². The van der Waals surface area contributed by atoms with Gasteiger partial charge in [-0.25, -0.2) is 0 Å². The minimum Gasteiger partial charge on any atom is -0.496 e. The Morgan fingerprint density at radius 2 is 2.00 bits per heavy atom. The summed E-state index contributed by atoms with van der Waals surface area (Å²) in [7, 11) is 1.55. The third-order valence-corrected chi connectivity index (χ3v) is 3.28. The van der Waals surface area contributed by atoms with Gasteiger partial charge >= 0.3 is 5.97 Å². The lowest BCUT2D eigenvalue weighted by Crippen LogP contribution is -2.31. The molecular weight excluding hydrogens is 258 g/mol. The Labute approximate surface area is 118 Å². The maximum Gasteiger partial charge on any atom is 0.309 e. The molecule has 0 atom stereocenters. The summed E-state index contributed by atoms with van der Waals surface area (Å²) >= 11 is 0. The number of aliphatic carboxylic acids is 1. The lowest BCUT2D eigenvalue weighted by atomic mass is 9.90. The Kier molecular flexibility index (Phi) is 5.13. The highest BCUT2D eigenvalue weighted by molar-refractivity contribution is 5.94. The van der Waals surface area contributed by atoms with Gasteiger partial charge in [0.2, 0.25) is 0 Å². The second kappa shape index (κ2) is 6.41. The van der Waals surface area contributed by atoms with Crippen LogP contribution in [-0.4, -0.2) is 30.6 Å². The molecular formula is C15H21NO4. The first kappa shape index (κ1) is 16.0. The molecule has 20 heavy (non-hydrogen) atoms. The predicted octanol–water partition coefficient (Wildman–Crippen LogP) is 2.23. The molecule has 0 saturated carbocycles. The summed E-state index contributed by atoms with van der Waals surface area (Å²) in [6, 6.07) is 5.21. The number of carboxylic acid groups (broad SMARTS) is 1. The zero-order valence-electron chi connectivity index (χ0n) is 12.3. The number of rotatable bonds is 6. The van der Waals surface area contributed by atoms with Crippen molar-refractivity contribution in [3.05, 3.63) is 29.3 Å². The van der Waals surface area contributed by atoms with Gasteiger partial charge < -0.3 is 15.2 Å². The number of aryl methyl sites for hydroxylation is 1. The van der Waals surface area contributed by atoms with Crippen LogP contribution in [0.5, 0.6) is 5.75 Å². The summed E-state index contributed by atoms with van der Waals surface area (Å²) in [6.45, 7) is 5.48. The van der Waals surface area contributed by atoms with Crippen LogP contribution in [0.1, 0.15) is 36.2 Å². The van der Waals surface area contributed by atoms with Crippen molar-refractivity contribution in [3.63, 3.8) is 0 Å². The molecule has 0 heterocycles. The molecule has 110 valence electrons. The number of nitrogens with one attached hydrogen (secondary N) is 1. The number of ether oxygens (including phenoxy) is 1. The highest BCUT2D eigenvalue weighted by Gasteiger charge is 2.26. The Bertz CT molecular complexity index is 509. The quantitative estimate of drug-likeness (QED) is 0.837. The number of methoxy groups -OCH3 is 1. The molecule has 5 nitrogen and oxygen atoms in total. The van der Waals surface area contributed by atoms with E-state index in [2.05, 4.69) is 5.32 Å². The van der Waals surface area contributed by atoms with Crippen molar-refractivity contribution in [3.8, 4) is 5.75 Å². The zero-order chi connectivity index (χ0) is 15.3. The Morgan fingerprint density at radius 1 is 1.35 bits per heavy atom. The molecule has 0 aliphatic carbocycles. The van der Waals surface area contributed by atoms with E-state index in [0.717, 1.165) is 5.56 Å². The largest absolute Gasteiger partial charge is 0.496 e. The summed E-state index contributed by atoms with van der Waals surface area (Å²) in [5.41, 5.74) is 0.606. The summed E-state index contributed by atoms with van der Waals surface area (Å²) in [5, 5.41) is 11.7. The average Bonchev–Trinajstić information content (AvgIpc) is 2.38. The molecule has 0 saturated heterocycles. The molecule has 5 heteroatoms. The van der Waals surface area contributed by atoms with Crippen LogP contribution in [-0.2, 0) is 4.79 Å². The molecule has 0 spiro atoms. The smallest absolute Gasteiger partial charge is 0.309 e. The van der Waals surface area contributed by atoms with Crippen LogP contribution in [0.2, 0.25) is 0 Å². The summed E-state index contributed by atoms with van der Waals surface area (Å²) in [4.78, 5) is 22.9. The van der Waals surface area contributed by atoms with Crippen LogP contribution < -0.4 is 10.1 Å². The molecule has 0 bridgehead atoms. The highest BCUT2D eigenvalue weighted by Crippen LogP contribution is 2.20. The summed E-state index contributed by atoms with van der Waals surface area (Å²) in [6.07, 6.45) is 0.372. The van der Waals surface area contributed by atoms with Crippen molar-refractivity contribution in [1.29, 1.82) is 0 Å². The third-order valence-electron chi connectivity index (χ3n) is 3.28. The second-order valence-electron chi connectivity index (χ2n) is 5.38. The topological polar surface area (TPSA) is 75.6 Å². The van der Waals surface area contributed by atoms with Crippen molar-refractivity contribution < 1.29 is 19.4 Å². The van der Waals surface area contributed by atoms with E-state index < -0.39 is 11.4 Å². The van der Waals surface area contributed by atoms with Gasteiger partial charge in [-0.2, -0.15) is 0 Å². The van der Waals surface area contributed by atoms with Gasteiger partial charge in [-0.05, 0) is 44.9 Å². The molecule has 1 aromatic rings. The van der Waals surface area contributed by atoms with E-state index in [1.807, 2.05) is 13.0 Å². The number of carbonyl (C=O) groups is 2. The van der Waals surface area contributed by atoms with Gasteiger partial charge in [0, 0.05) is 12.1 Å². The van der Waals surface area contributed by atoms with E-state index >= 15 is 0 Å². The van der Waals surface area contributed by atoms with Gasteiger partial charge in [0.25, 0.3) is 5.91 Å². The molecule has 1 rings (SSSR count). The van der Waals surface area contributed by atoms with Crippen LogP contribution in [0.25, 0.3) is 0 Å². The Hall–Kier alpha value is -2.04. The zero-order valence-corrected chi connectivity index (χ0v) is 12.3. The van der Waals surface area contributed by atoms with Gasteiger partial charge in [0.1, 0.15) is 5.75 Å². The lowest BCUT2D eigenvalue weighted by Gasteiger charge is -2.19. The van der Waals surface area contributed by atoms with Crippen molar-refractivity contribution in [2.24, 2.45) is 5.41 Å². The van der Waals surface area contributed by atoms with Crippen LogP contribution in [0.15, 0.2) is 18.2 Å². The number of carboxylic acids is 1. The minimum atomic E-state index is -0.872. The van der Waals surface area contributed by atoms with Crippen LogP contribution in [0.3, 0.4) is 0 Å². The van der Waals surface area contributed by atoms with Crippen LogP contribution in [0, 0.1) is 12.3 Å². The maximum absolute atomic E-state index is 12.0. The normalized spacial score (nSPS) is 11.0. The lowest BCUT2D eigenvalue weighted by molar-refractivity contribution is -0.147. The van der Waals surface area contributed by atoms with Gasteiger partial charge in [0.15, 0.2) is 0 Å². The van der Waals surface area contributed by atoms with E-state index in [9.17, 15) is 9.59 Å². The monoisotopic (exact) mass is 279 g/mol. The molecule has 0 aliphatic rings. The standard InChI is InChI=1S/C15H21NO4/c1-10-5-6-11(9-12(10)20-4)13(17)16-8-7-15(2,3)14(18)19/h5-6,9H,7-8H2,1-4H3,(H,16,17)(H,18,19). The van der Waals surface area contributed by atoms with E-state index in [4.69, 9.17) is 9.84 Å². The fourth-order valence-electron chi connectivity index (χ4n) is 1.66. The maximum atomic E-state index is 12.0.